The van der Waals surface area contributed by atoms with Crippen LogP contribution in [0.4, 0.5) is 0 Å². The quantitative estimate of drug-likeness (QED) is 0.406. The molecule has 0 bridgehead atoms. The van der Waals surface area contributed by atoms with Crippen molar-refractivity contribution in [2.45, 2.75) is 29.4 Å². The number of nitrogens with one attached hydrogen (secondary N) is 1. The van der Waals surface area contributed by atoms with Gasteiger partial charge in [-0.15, -0.1) is 0 Å². The number of hydrogen-bond donors (Lipinski definition) is 1. The molecule has 0 aliphatic carbocycles. The molecule has 3 rings (SSSR count). The Labute approximate surface area is 202 Å². The average molecular weight is 486 g/mol. The third-order valence-electron chi connectivity index (χ3n) is 5.47. The molecule has 0 heterocycles. The van der Waals surface area contributed by atoms with Gasteiger partial charge in [-0.3, -0.25) is 9.00 Å². The van der Waals surface area contributed by atoms with E-state index in [9.17, 15) is 9.00 Å². The summed E-state index contributed by atoms with van der Waals surface area (Å²) in [5.74, 6) is 1.13. The second kappa shape index (κ2) is 11.9. The summed E-state index contributed by atoms with van der Waals surface area (Å²) < 4.78 is 24.3. The van der Waals surface area contributed by atoms with E-state index < -0.39 is 10.8 Å². The fraction of sp³-hybridized carbons (Fsp3) is 0.269. The first-order chi connectivity index (χ1) is 16.0. The van der Waals surface area contributed by atoms with Crippen LogP contribution in [0.3, 0.4) is 0 Å². The lowest BCUT2D eigenvalue weighted by Crippen LogP contribution is -2.21. The Morgan fingerprint density at radius 2 is 1.76 bits per heavy atom. The smallest absolute Gasteiger partial charge is 0.252 e. The van der Waals surface area contributed by atoms with Crippen LogP contribution in [0.5, 0.6) is 11.5 Å². The van der Waals surface area contributed by atoms with Crippen LogP contribution >= 0.6 is 11.6 Å². The predicted octanol–water partition coefficient (Wildman–Crippen LogP) is 5.59. The van der Waals surface area contributed by atoms with E-state index in [1.165, 1.54) is 0 Å². The van der Waals surface area contributed by atoms with Gasteiger partial charge < -0.3 is 14.8 Å². The maximum Gasteiger partial charge on any atom is 0.252 e. The lowest BCUT2D eigenvalue weighted by atomic mass is 10.0. The highest BCUT2D eigenvalue weighted by atomic mass is 35.5. The molecule has 1 N–H and O–H groups in total. The van der Waals surface area contributed by atoms with Gasteiger partial charge in [-0.25, -0.2) is 0 Å². The van der Waals surface area contributed by atoms with E-state index in [4.69, 9.17) is 21.1 Å². The van der Waals surface area contributed by atoms with E-state index in [1.54, 1.807) is 39.5 Å². The summed E-state index contributed by atoms with van der Waals surface area (Å²) in [6.07, 6.45) is 2.25. The summed E-state index contributed by atoms with van der Waals surface area (Å²) in [6, 6.07) is 20.4. The minimum absolute atomic E-state index is 0.250. The fourth-order valence-corrected chi connectivity index (χ4v) is 5.65. The number of methoxy groups -OCH3 is 2. The summed E-state index contributed by atoms with van der Waals surface area (Å²) in [5, 5.41) is 2.93. The predicted molar refractivity (Wildman–Crippen MR) is 133 cm³/mol. The maximum absolute atomic E-state index is 13.8. The van der Waals surface area contributed by atoms with Crippen molar-refractivity contribution in [2.24, 2.45) is 0 Å². The Hall–Kier alpha value is -2.83. The van der Waals surface area contributed by atoms with Crippen LogP contribution in [0.1, 0.15) is 39.6 Å². The molecule has 0 saturated carbocycles. The van der Waals surface area contributed by atoms with Crippen molar-refractivity contribution >= 4 is 28.3 Å². The first-order valence-corrected chi connectivity index (χ1v) is 12.3. The first-order valence-electron chi connectivity index (χ1n) is 10.7. The average Bonchev–Trinajstić information content (AvgIpc) is 2.86. The van der Waals surface area contributed by atoms with Crippen molar-refractivity contribution in [2.75, 3.05) is 21.3 Å². The highest BCUT2D eigenvalue weighted by Crippen LogP contribution is 2.33. The molecule has 7 heteroatoms. The zero-order chi connectivity index (χ0) is 23.8. The molecule has 0 aromatic heterocycles. The molecule has 0 fully saturated rings. The van der Waals surface area contributed by atoms with Gasteiger partial charge in [-0.1, -0.05) is 41.9 Å². The molecule has 1 amide bonds. The molecule has 3 aromatic rings. The Bertz CT molecular complexity index is 1120. The number of carbonyl (C=O) groups excluding carboxylic acids is 1. The SMILES string of the molecule is CNC(=O)c1ccccc1S(=O)[C@H](CCCc1ccc(OC)c(Cl)c1)c1ccc(OC)cc1. The largest absolute Gasteiger partial charge is 0.497 e. The van der Waals surface area contributed by atoms with Crippen LogP contribution in [-0.4, -0.2) is 31.4 Å². The zero-order valence-electron chi connectivity index (χ0n) is 19.0. The normalized spacial score (nSPS) is 12.6. The van der Waals surface area contributed by atoms with Gasteiger partial charge in [-0.05, 0) is 66.8 Å². The molecule has 0 saturated heterocycles. The lowest BCUT2D eigenvalue weighted by molar-refractivity contribution is 0.0960. The van der Waals surface area contributed by atoms with Crippen LogP contribution in [0.15, 0.2) is 71.6 Å². The van der Waals surface area contributed by atoms with Crippen molar-refractivity contribution in [3.8, 4) is 11.5 Å². The first kappa shape index (κ1) is 24.8. The van der Waals surface area contributed by atoms with E-state index in [0.29, 0.717) is 27.7 Å². The highest BCUT2D eigenvalue weighted by molar-refractivity contribution is 7.85. The molecule has 3 aromatic carbocycles. The van der Waals surface area contributed by atoms with E-state index in [1.807, 2.05) is 48.5 Å². The number of hydrogen-bond acceptors (Lipinski definition) is 4. The van der Waals surface area contributed by atoms with Gasteiger partial charge in [0.05, 0.1) is 45.8 Å². The van der Waals surface area contributed by atoms with E-state index >= 15 is 0 Å². The summed E-state index contributed by atoms with van der Waals surface area (Å²) >= 11 is 6.26. The molecule has 33 heavy (non-hydrogen) atoms. The standard InChI is InChI=1S/C26H28ClNO4S/c1-28-26(29)21-8-4-5-9-25(21)33(30)24(19-12-14-20(31-2)15-13-19)10-6-7-18-11-16-23(32-3)22(27)17-18/h4-5,8-9,11-17,24H,6-7,10H2,1-3H3,(H,28,29)/t24-,33?/m1/s1. The van der Waals surface area contributed by atoms with E-state index in [2.05, 4.69) is 5.32 Å². The number of benzene rings is 3. The second-order valence-electron chi connectivity index (χ2n) is 7.50. The van der Waals surface area contributed by atoms with Crippen molar-refractivity contribution in [1.29, 1.82) is 0 Å². The van der Waals surface area contributed by atoms with Crippen molar-refractivity contribution in [3.63, 3.8) is 0 Å². The maximum atomic E-state index is 13.8. The van der Waals surface area contributed by atoms with Gasteiger partial charge >= 0.3 is 0 Å². The third kappa shape index (κ3) is 6.15. The lowest BCUT2D eigenvalue weighted by Gasteiger charge is -2.19. The minimum atomic E-state index is -1.43. The molecular weight excluding hydrogens is 458 g/mol. The van der Waals surface area contributed by atoms with Crippen molar-refractivity contribution in [3.05, 3.63) is 88.4 Å². The summed E-state index contributed by atoms with van der Waals surface area (Å²) in [7, 11) is 3.35. The van der Waals surface area contributed by atoms with Crippen LogP contribution < -0.4 is 14.8 Å². The van der Waals surface area contributed by atoms with Crippen molar-refractivity contribution in [1.82, 2.24) is 5.32 Å². The van der Waals surface area contributed by atoms with Gasteiger partial charge in [0.1, 0.15) is 11.5 Å². The number of halogens is 1. The number of amides is 1. The number of carbonyl (C=O) groups is 1. The summed E-state index contributed by atoms with van der Waals surface area (Å²) in [6.45, 7) is 0. The number of ether oxygens (including phenoxy) is 2. The summed E-state index contributed by atoms with van der Waals surface area (Å²) in [4.78, 5) is 12.9. The van der Waals surface area contributed by atoms with Gasteiger partial charge in [0.2, 0.25) is 0 Å². The monoisotopic (exact) mass is 485 g/mol. The molecule has 0 aliphatic rings. The molecule has 1 unspecified atom stereocenters. The Morgan fingerprint density at radius 1 is 1.03 bits per heavy atom. The Kier molecular flexibility index (Phi) is 8.92. The zero-order valence-corrected chi connectivity index (χ0v) is 20.5. The highest BCUT2D eigenvalue weighted by Gasteiger charge is 2.24. The van der Waals surface area contributed by atoms with Crippen LogP contribution in [0, 0.1) is 0 Å². The van der Waals surface area contributed by atoms with Gasteiger partial charge in [0, 0.05) is 7.05 Å². The second-order valence-corrected chi connectivity index (χ2v) is 9.51. The van der Waals surface area contributed by atoms with Crippen molar-refractivity contribution < 1.29 is 18.5 Å². The summed E-state index contributed by atoms with van der Waals surface area (Å²) in [5.41, 5.74) is 2.46. The molecular formula is C26H28ClNO4S. The van der Waals surface area contributed by atoms with E-state index in [-0.39, 0.29) is 11.2 Å². The van der Waals surface area contributed by atoms with Gasteiger partial charge in [0.25, 0.3) is 5.91 Å². The number of rotatable bonds is 10. The molecule has 0 aliphatic heterocycles. The molecule has 0 spiro atoms. The third-order valence-corrected chi connectivity index (χ3v) is 7.58. The molecule has 174 valence electrons. The van der Waals surface area contributed by atoms with Crippen LogP contribution in [0.2, 0.25) is 5.02 Å². The van der Waals surface area contributed by atoms with E-state index in [0.717, 1.165) is 29.7 Å². The number of aryl methyl sites for hydroxylation is 1. The Balaban J connectivity index is 1.86. The molecule has 0 radical (unpaired) electrons. The fourth-order valence-electron chi connectivity index (χ4n) is 3.69. The molecule has 2 atom stereocenters. The van der Waals surface area contributed by atoms with Crippen LogP contribution in [0.25, 0.3) is 0 Å². The minimum Gasteiger partial charge on any atom is -0.497 e. The van der Waals surface area contributed by atoms with Gasteiger partial charge in [0.15, 0.2) is 0 Å². The Morgan fingerprint density at radius 3 is 2.39 bits per heavy atom. The molecule has 5 nitrogen and oxygen atoms in total. The topological polar surface area (TPSA) is 64.6 Å². The van der Waals surface area contributed by atoms with Crippen LogP contribution in [-0.2, 0) is 17.2 Å². The van der Waals surface area contributed by atoms with Gasteiger partial charge in [-0.2, -0.15) is 0 Å².